The molecule has 0 atom stereocenters. The Hall–Kier alpha value is -2.87. The molecule has 8 heteroatoms. The first-order chi connectivity index (χ1) is 13.2. The summed E-state index contributed by atoms with van der Waals surface area (Å²) in [5.41, 5.74) is 1.19. The normalized spacial score (nSPS) is 16.9. The average Bonchev–Trinajstić information content (AvgIpc) is 2.74. The second kappa shape index (κ2) is 7.79. The Morgan fingerprint density at radius 1 is 1.04 bits per heavy atom. The van der Waals surface area contributed by atoms with Gasteiger partial charge in [0.2, 0.25) is 0 Å². The Morgan fingerprint density at radius 2 is 1.81 bits per heavy atom. The Bertz CT molecular complexity index is 803. The lowest BCUT2D eigenvalue weighted by atomic mass is 10.2. The maximum atomic E-state index is 12.6. The van der Waals surface area contributed by atoms with E-state index < -0.39 is 0 Å². The van der Waals surface area contributed by atoms with Crippen LogP contribution in [0.4, 0.5) is 11.5 Å². The van der Waals surface area contributed by atoms with Gasteiger partial charge in [-0.25, -0.2) is 0 Å². The zero-order valence-electron chi connectivity index (χ0n) is 15.4. The number of carbonyl (C=O) groups is 1. The Labute approximate surface area is 158 Å². The molecule has 1 amide bonds. The van der Waals surface area contributed by atoms with Gasteiger partial charge in [-0.2, -0.15) is 0 Å². The van der Waals surface area contributed by atoms with Crippen molar-refractivity contribution in [2.75, 3.05) is 51.3 Å². The predicted molar refractivity (Wildman–Crippen MR) is 101 cm³/mol. The maximum absolute atomic E-state index is 12.6. The summed E-state index contributed by atoms with van der Waals surface area (Å²) in [4.78, 5) is 16.7. The number of ether oxygens (including phenoxy) is 2. The number of hydrogen-bond acceptors (Lipinski definition) is 7. The highest BCUT2D eigenvalue weighted by atomic mass is 16.6. The third-order valence-electron chi connectivity index (χ3n) is 4.80. The fraction of sp³-hybridized carbons (Fsp3) is 0.421. The average molecular weight is 369 g/mol. The van der Waals surface area contributed by atoms with Gasteiger partial charge in [0.05, 0.1) is 0 Å². The summed E-state index contributed by atoms with van der Waals surface area (Å²) in [5, 5.41) is 11.4. The topological polar surface area (TPSA) is 79.8 Å². The van der Waals surface area contributed by atoms with Gasteiger partial charge >= 0.3 is 0 Å². The summed E-state index contributed by atoms with van der Waals surface area (Å²) < 4.78 is 11.1. The number of nitrogens with zero attached hydrogens (tertiary/aromatic N) is 4. The third-order valence-corrected chi connectivity index (χ3v) is 4.80. The SMILES string of the molecule is CCN1CCN(C(=O)c2ccc(Nc3ccc4c(c3)OCCO4)nn2)CC1. The number of hydrogen-bond donors (Lipinski definition) is 1. The second-order valence-electron chi connectivity index (χ2n) is 6.51. The van der Waals surface area contributed by atoms with Crippen LogP contribution in [0.5, 0.6) is 11.5 Å². The van der Waals surface area contributed by atoms with Gasteiger partial charge in [0.1, 0.15) is 13.2 Å². The quantitative estimate of drug-likeness (QED) is 0.880. The molecule has 1 saturated heterocycles. The van der Waals surface area contributed by atoms with E-state index in [-0.39, 0.29) is 5.91 Å². The van der Waals surface area contributed by atoms with Crippen LogP contribution < -0.4 is 14.8 Å². The molecule has 2 aromatic rings. The van der Waals surface area contributed by atoms with Crippen LogP contribution in [-0.2, 0) is 0 Å². The molecular formula is C19H23N5O3. The zero-order chi connectivity index (χ0) is 18.6. The van der Waals surface area contributed by atoms with Crippen molar-refractivity contribution in [1.82, 2.24) is 20.0 Å². The van der Waals surface area contributed by atoms with Gasteiger partial charge in [-0.1, -0.05) is 6.92 Å². The van der Waals surface area contributed by atoms with Gasteiger partial charge in [-0.05, 0) is 30.8 Å². The third kappa shape index (κ3) is 3.95. The molecule has 142 valence electrons. The van der Waals surface area contributed by atoms with Crippen molar-refractivity contribution in [3.8, 4) is 11.5 Å². The van der Waals surface area contributed by atoms with Crippen molar-refractivity contribution in [1.29, 1.82) is 0 Å². The number of rotatable bonds is 4. The minimum Gasteiger partial charge on any atom is -0.486 e. The van der Waals surface area contributed by atoms with Gasteiger partial charge in [-0.3, -0.25) is 4.79 Å². The van der Waals surface area contributed by atoms with E-state index in [4.69, 9.17) is 9.47 Å². The van der Waals surface area contributed by atoms with Gasteiger partial charge in [-0.15, -0.1) is 10.2 Å². The largest absolute Gasteiger partial charge is 0.486 e. The van der Waals surface area contributed by atoms with Crippen molar-refractivity contribution in [3.63, 3.8) is 0 Å². The predicted octanol–water partition coefficient (Wildman–Crippen LogP) is 1.77. The van der Waals surface area contributed by atoms with Crippen LogP contribution in [0.25, 0.3) is 0 Å². The molecule has 0 radical (unpaired) electrons. The number of nitrogens with one attached hydrogen (secondary N) is 1. The molecule has 3 heterocycles. The maximum Gasteiger partial charge on any atom is 0.274 e. The number of aromatic nitrogens is 2. The van der Waals surface area contributed by atoms with Crippen LogP contribution in [0.1, 0.15) is 17.4 Å². The van der Waals surface area contributed by atoms with Crippen molar-refractivity contribution in [2.24, 2.45) is 0 Å². The van der Waals surface area contributed by atoms with Gasteiger partial charge in [0.15, 0.2) is 23.0 Å². The van der Waals surface area contributed by atoms with E-state index in [1.54, 1.807) is 12.1 Å². The highest BCUT2D eigenvalue weighted by Gasteiger charge is 2.22. The molecule has 0 aliphatic carbocycles. The number of amides is 1. The molecule has 1 aromatic heterocycles. The number of anilines is 2. The Balaban J connectivity index is 1.39. The van der Waals surface area contributed by atoms with E-state index in [1.165, 1.54) is 0 Å². The molecular weight excluding hydrogens is 346 g/mol. The molecule has 2 aliphatic rings. The number of carbonyl (C=O) groups excluding carboxylic acids is 1. The molecule has 8 nitrogen and oxygen atoms in total. The molecule has 1 aromatic carbocycles. The lowest BCUT2D eigenvalue weighted by Gasteiger charge is -2.33. The van der Waals surface area contributed by atoms with Crippen molar-refractivity contribution >= 4 is 17.4 Å². The van der Waals surface area contributed by atoms with E-state index in [2.05, 4.69) is 27.3 Å². The van der Waals surface area contributed by atoms with Crippen molar-refractivity contribution in [2.45, 2.75) is 6.92 Å². The minimum atomic E-state index is -0.0656. The van der Waals surface area contributed by atoms with E-state index >= 15 is 0 Å². The monoisotopic (exact) mass is 369 g/mol. The minimum absolute atomic E-state index is 0.0656. The van der Waals surface area contributed by atoms with E-state index in [0.717, 1.165) is 44.2 Å². The molecule has 0 bridgehead atoms. The van der Waals surface area contributed by atoms with Crippen LogP contribution in [0.3, 0.4) is 0 Å². The number of likely N-dealkylation sites (N-methyl/N-ethyl adjacent to an activating group) is 1. The van der Waals surface area contributed by atoms with E-state index in [9.17, 15) is 4.79 Å². The highest BCUT2D eigenvalue weighted by Crippen LogP contribution is 2.33. The summed E-state index contributed by atoms with van der Waals surface area (Å²) in [6.07, 6.45) is 0. The summed E-state index contributed by atoms with van der Waals surface area (Å²) in [5.74, 6) is 1.95. The molecule has 4 rings (SSSR count). The van der Waals surface area contributed by atoms with Crippen LogP contribution in [0, 0.1) is 0 Å². The van der Waals surface area contributed by atoms with Crippen molar-refractivity contribution < 1.29 is 14.3 Å². The first-order valence-electron chi connectivity index (χ1n) is 9.25. The second-order valence-corrected chi connectivity index (χ2v) is 6.51. The van der Waals surface area contributed by atoms with E-state index in [1.807, 2.05) is 23.1 Å². The molecule has 2 aliphatic heterocycles. The number of benzene rings is 1. The summed E-state index contributed by atoms with van der Waals surface area (Å²) >= 11 is 0. The Kier molecular flexibility index (Phi) is 5.06. The van der Waals surface area contributed by atoms with Crippen LogP contribution >= 0.6 is 0 Å². The molecule has 0 unspecified atom stereocenters. The summed E-state index contributed by atoms with van der Waals surface area (Å²) in [7, 11) is 0. The van der Waals surface area contributed by atoms with Crippen molar-refractivity contribution in [3.05, 3.63) is 36.0 Å². The fourth-order valence-electron chi connectivity index (χ4n) is 3.21. The first-order valence-corrected chi connectivity index (χ1v) is 9.25. The number of piperazine rings is 1. The lowest BCUT2D eigenvalue weighted by molar-refractivity contribution is 0.0636. The Morgan fingerprint density at radius 3 is 2.52 bits per heavy atom. The van der Waals surface area contributed by atoms with Crippen LogP contribution in [-0.4, -0.2) is 71.8 Å². The molecule has 27 heavy (non-hydrogen) atoms. The van der Waals surface area contributed by atoms with Gasteiger partial charge in [0.25, 0.3) is 5.91 Å². The molecule has 1 N–H and O–H groups in total. The van der Waals surface area contributed by atoms with Gasteiger partial charge < -0.3 is 24.6 Å². The smallest absolute Gasteiger partial charge is 0.274 e. The molecule has 1 fully saturated rings. The molecule has 0 saturated carbocycles. The van der Waals surface area contributed by atoms with Crippen LogP contribution in [0.15, 0.2) is 30.3 Å². The standard InChI is InChI=1S/C19H23N5O3/c1-2-23-7-9-24(10-8-23)19(25)15-4-6-18(22-21-15)20-14-3-5-16-17(13-14)27-12-11-26-16/h3-6,13H,2,7-12H2,1H3,(H,20,22). The van der Waals surface area contributed by atoms with Gasteiger partial charge in [0, 0.05) is 37.9 Å². The summed E-state index contributed by atoms with van der Waals surface area (Å²) in [6.45, 7) is 7.52. The van der Waals surface area contributed by atoms with Crippen LogP contribution in [0.2, 0.25) is 0 Å². The first kappa shape index (κ1) is 17.5. The molecule has 0 spiro atoms. The highest BCUT2D eigenvalue weighted by molar-refractivity contribution is 5.92. The number of fused-ring (bicyclic) bond motifs is 1. The lowest BCUT2D eigenvalue weighted by Crippen LogP contribution is -2.48. The van der Waals surface area contributed by atoms with E-state index in [0.29, 0.717) is 30.5 Å². The fourth-order valence-corrected chi connectivity index (χ4v) is 3.21. The zero-order valence-corrected chi connectivity index (χ0v) is 15.4. The summed E-state index contributed by atoms with van der Waals surface area (Å²) in [6, 6.07) is 9.09.